The normalized spacial score (nSPS) is 23.4. The van der Waals surface area contributed by atoms with Crippen LogP contribution in [0.15, 0.2) is 41.2 Å². The zero-order valence-electron chi connectivity index (χ0n) is 15.1. The van der Waals surface area contributed by atoms with Crippen molar-refractivity contribution >= 4 is 17.5 Å². The van der Waals surface area contributed by atoms with E-state index >= 15 is 0 Å². The first-order valence-corrected chi connectivity index (χ1v) is 9.50. The standard InChI is InChI=1S/C20H22ClN3O3/c1-27-18-6-5-14(21)8-15(18)20(26)23-11-17-13-7-12(9-22-10-13)16-3-2-4-19(25)24(16)17/h2-6,8,12-13,17,22H,7,9-11H2,1H3,(H,23,26)/t12-,13+,17+/m1/s1. The van der Waals surface area contributed by atoms with Crippen molar-refractivity contribution in [3.05, 3.63) is 63.0 Å². The number of halogens is 1. The van der Waals surface area contributed by atoms with Crippen LogP contribution in [0, 0.1) is 5.92 Å². The van der Waals surface area contributed by atoms with Gasteiger partial charge in [0.25, 0.3) is 11.5 Å². The number of pyridine rings is 1. The van der Waals surface area contributed by atoms with Crippen LogP contribution in [0.1, 0.15) is 34.4 Å². The molecule has 0 saturated carbocycles. The predicted octanol–water partition coefficient (Wildman–Crippen LogP) is 2.19. The number of hydrogen-bond acceptors (Lipinski definition) is 4. The molecule has 27 heavy (non-hydrogen) atoms. The van der Waals surface area contributed by atoms with Crippen LogP contribution in [0.2, 0.25) is 5.02 Å². The number of benzene rings is 1. The first-order valence-electron chi connectivity index (χ1n) is 9.12. The number of carbonyl (C=O) groups excluding carboxylic acids is 1. The summed E-state index contributed by atoms with van der Waals surface area (Å²) in [6.07, 6.45) is 1.03. The molecule has 0 radical (unpaired) electrons. The number of methoxy groups -OCH3 is 1. The molecule has 0 spiro atoms. The van der Waals surface area contributed by atoms with Crippen molar-refractivity contribution in [2.24, 2.45) is 5.92 Å². The molecule has 1 aromatic carbocycles. The first-order chi connectivity index (χ1) is 13.1. The average molecular weight is 388 g/mol. The second-order valence-electron chi connectivity index (χ2n) is 7.13. The quantitative estimate of drug-likeness (QED) is 0.843. The molecule has 4 rings (SSSR count). The zero-order valence-corrected chi connectivity index (χ0v) is 15.8. The number of hydrogen-bond donors (Lipinski definition) is 2. The number of nitrogens with zero attached hydrogens (tertiary/aromatic N) is 1. The fourth-order valence-electron chi connectivity index (χ4n) is 4.32. The molecule has 142 valence electrons. The molecule has 1 saturated heterocycles. The van der Waals surface area contributed by atoms with Gasteiger partial charge in [0.05, 0.1) is 18.7 Å². The molecular weight excluding hydrogens is 366 g/mol. The van der Waals surface area contributed by atoms with Crippen molar-refractivity contribution in [2.45, 2.75) is 18.4 Å². The summed E-state index contributed by atoms with van der Waals surface area (Å²) in [6, 6.07) is 10.3. The Morgan fingerprint density at radius 3 is 3.00 bits per heavy atom. The molecule has 0 unspecified atom stereocenters. The number of carbonyl (C=O) groups is 1. The highest BCUT2D eigenvalue weighted by Crippen LogP contribution is 2.38. The molecule has 2 N–H and O–H groups in total. The second kappa shape index (κ2) is 7.37. The van der Waals surface area contributed by atoms with E-state index in [2.05, 4.69) is 10.6 Å². The van der Waals surface area contributed by atoms with Crippen molar-refractivity contribution in [1.29, 1.82) is 0 Å². The van der Waals surface area contributed by atoms with E-state index in [1.807, 2.05) is 16.7 Å². The van der Waals surface area contributed by atoms with Crippen LogP contribution in [0.3, 0.4) is 0 Å². The van der Waals surface area contributed by atoms with Gasteiger partial charge in [-0.2, -0.15) is 0 Å². The van der Waals surface area contributed by atoms with Crippen LogP contribution in [-0.4, -0.2) is 37.2 Å². The minimum atomic E-state index is -0.259. The summed E-state index contributed by atoms with van der Waals surface area (Å²) in [4.78, 5) is 25.3. The Hall–Kier alpha value is -2.31. The zero-order chi connectivity index (χ0) is 19.0. The second-order valence-corrected chi connectivity index (χ2v) is 7.57. The third kappa shape index (κ3) is 3.35. The van der Waals surface area contributed by atoms with Crippen molar-refractivity contribution in [2.75, 3.05) is 26.7 Å². The van der Waals surface area contributed by atoms with Crippen molar-refractivity contribution in [3.63, 3.8) is 0 Å². The van der Waals surface area contributed by atoms with Gasteiger partial charge >= 0.3 is 0 Å². The molecule has 1 fully saturated rings. The van der Waals surface area contributed by atoms with Crippen molar-refractivity contribution in [3.8, 4) is 5.75 Å². The summed E-state index contributed by atoms with van der Waals surface area (Å²) in [5.74, 6) is 0.860. The molecule has 1 amide bonds. The summed E-state index contributed by atoms with van der Waals surface area (Å²) in [5.41, 5.74) is 1.43. The van der Waals surface area contributed by atoms with Crippen molar-refractivity contribution < 1.29 is 9.53 Å². The Morgan fingerprint density at radius 2 is 2.19 bits per heavy atom. The van der Waals surface area contributed by atoms with Gasteiger partial charge in [-0.3, -0.25) is 9.59 Å². The van der Waals surface area contributed by atoms with E-state index in [0.717, 1.165) is 25.2 Å². The monoisotopic (exact) mass is 387 g/mol. The summed E-state index contributed by atoms with van der Waals surface area (Å²) < 4.78 is 7.14. The maximum atomic E-state index is 12.7. The number of ether oxygens (including phenoxy) is 1. The van der Waals surface area contributed by atoms with Crippen LogP contribution in [0.25, 0.3) is 0 Å². The van der Waals surface area contributed by atoms with Crippen molar-refractivity contribution in [1.82, 2.24) is 15.2 Å². The molecule has 2 aliphatic rings. The fraction of sp³-hybridized carbons (Fsp3) is 0.400. The van der Waals surface area contributed by atoms with E-state index in [4.69, 9.17) is 16.3 Å². The van der Waals surface area contributed by atoms with E-state index in [0.29, 0.717) is 34.7 Å². The van der Waals surface area contributed by atoms with E-state index in [9.17, 15) is 9.59 Å². The SMILES string of the molecule is COc1ccc(Cl)cc1C(=O)NC[C@H]1[C@@H]2CNC[C@@H](C2)c2cccc(=O)n21. The van der Waals surface area contributed by atoms with E-state index < -0.39 is 0 Å². The largest absolute Gasteiger partial charge is 0.496 e. The molecule has 2 bridgehead atoms. The Labute approximate surface area is 162 Å². The molecule has 6 nitrogen and oxygen atoms in total. The van der Waals surface area contributed by atoms with Gasteiger partial charge in [0.15, 0.2) is 0 Å². The Morgan fingerprint density at radius 1 is 1.33 bits per heavy atom. The lowest BCUT2D eigenvalue weighted by molar-refractivity contribution is 0.0929. The molecule has 3 heterocycles. The lowest BCUT2D eigenvalue weighted by Gasteiger charge is -2.43. The third-order valence-corrected chi connectivity index (χ3v) is 5.81. The minimum absolute atomic E-state index is 0.0105. The average Bonchev–Trinajstić information content (AvgIpc) is 2.68. The van der Waals surface area contributed by atoms with Gasteiger partial charge in [0, 0.05) is 42.3 Å². The van der Waals surface area contributed by atoms with Crippen LogP contribution < -0.4 is 20.9 Å². The third-order valence-electron chi connectivity index (χ3n) is 5.58. The van der Waals surface area contributed by atoms with E-state index in [1.54, 1.807) is 24.3 Å². The lowest BCUT2D eigenvalue weighted by Crippen LogP contribution is -2.50. The van der Waals surface area contributed by atoms with E-state index in [1.165, 1.54) is 7.11 Å². The van der Waals surface area contributed by atoms with Crippen LogP contribution in [0.4, 0.5) is 0 Å². The summed E-state index contributed by atoms with van der Waals surface area (Å²) in [6.45, 7) is 2.11. The van der Waals surface area contributed by atoms with Gasteiger partial charge in [-0.15, -0.1) is 0 Å². The van der Waals surface area contributed by atoms with Crippen LogP contribution >= 0.6 is 11.6 Å². The highest BCUT2D eigenvalue weighted by molar-refractivity contribution is 6.31. The molecular formula is C20H22ClN3O3. The maximum absolute atomic E-state index is 12.7. The fourth-order valence-corrected chi connectivity index (χ4v) is 4.49. The minimum Gasteiger partial charge on any atom is -0.496 e. The predicted molar refractivity (Wildman–Crippen MR) is 104 cm³/mol. The first kappa shape index (κ1) is 18.1. The maximum Gasteiger partial charge on any atom is 0.255 e. The highest BCUT2D eigenvalue weighted by atomic mass is 35.5. The molecule has 2 aliphatic heterocycles. The molecule has 0 aliphatic carbocycles. The molecule has 7 heteroatoms. The van der Waals surface area contributed by atoms with Gasteiger partial charge < -0.3 is 19.9 Å². The topological polar surface area (TPSA) is 72.4 Å². The smallest absolute Gasteiger partial charge is 0.255 e. The number of nitrogens with one attached hydrogen (secondary N) is 2. The number of amides is 1. The van der Waals surface area contributed by atoms with E-state index in [-0.39, 0.29) is 17.5 Å². The Kier molecular flexibility index (Phi) is 4.93. The highest BCUT2D eigenvalue weighted by Gasteiger charge is 2.37. The summed E-state index contributed by atoms with van der Waals surface area (Å²) in [7, 11) is 1.52. The van der Waals surface area contributed by atoms with Gasteiger partial charge in [-0.1, -0.05) is 17.7 Å². The van der Waals surface area contributed by atoms with Gasteiger partial charge in [0.2, 0.25) is 0 Å². The summed E-state index contributed by atoms with van der Waals surface area (Å²) in [5, 5.41) is 6.91. The Balaban J connectivity index is 1.60. The van der Waals surface area contributed by atoms with Crippen LogP contribution in [-0.2, 0) is 0 Å². The van der Waals surface area contributed by atoms with Gasteiger partial charge in [0.1, 0.15) is 5.75 Å². The lowest BCUT2D eigenvalue weighted by atomic mass is 9.79. The van der Waals surface area contributed by atoms with Crippen LogP contribution in [0.5, 0.6) is 5.75 Å². The number of aromatic nitrogens is 1. The van der Waals surface area contributed by atoms with Gasteiger partial charge in [-0.05, 0) is 36.6 Å². The number of rotatable bonds is 4. The molecule has 1 aromatic heterocycles. The van der Waals surface area contributed by atoms with Gasteiger partial charge in [-0.25, -0.2) is 0 Å². The summed E-state index contributed by atoms with van der Waals surface area (Å²) >= 11 is 6.03. The Bertz CT molecular complexity index is 927. The number of piperidine rings is 1. The number of fused-ring (bicyclic) bond motifs is 4. The molecule has 3 atom stereocenters. The molecule has 2 aromatic rings.